The average Bonchev–Trinajstić information content (AvgIpc) is 2.99. The van der Waals surface area contributed by atoms with E-state index in [1.54, 1.807) is 0 Å². The number of aromatic nitrogens is 2. The summed E-state index contributed by atoms with van der Waals surface area (Å²) < 4.78 is 5.30. The van der Waals surface area contributed by atoms with Gasteiger partial charge in [-0.05, 0) is 18.9 Å². The fourth-order valence-corrected chi connectivity index (χ4v) is 2.16. The zero-order valence-electron chi connectivity index (χ0n) is 11.9. The van der Waals surface area contributed by atoms with E-state index < -0.39 is 0 Å². The van der Waals surface area contributed by atoms with Gasteiger partial charge in [-0.3, -0.25) is 0 Å². The highest BCUT2D eigenvalue weighted by molar-refractivity contribution is 5.54. The molecule has 0 unspecified atom stereocenters. The standard InChI is InChI=1S/C17H17N3O/c1-12-7-9-14(10-8-12)16-19-17(21-20-16)15(18)11-13-5-3-2-4-6-13/h2-10,15H,11,18H2,1H3/t15-/m1/s1. The molecule has 0 spiro atoms. The highest BCUT2D eigenvalue weighted by Crippen LogP contribution is 2.20. The van der Waals surface area contributed by atoms with E-state index in [2.05, 4.69) is 10.1 Å². The molecule has 4 nitrogen and oxygen atoms in total. The maximum Gasteiger partial charge on any atom is 0.244 e. The number of nitrogens with zero attached hydrogens (tertiary/aromatic N) is 2. The smallest absolute Gasteiger partial charge is 0.244 e. The molecule has 106 valence electrons. The van der Waals surface area contributed by atoms with Crippen molar-refractivity contribution in [1.82, 2.24) is 10.1 Å². The molecule has 2 N–H and O–H groups in total. The lowest BCUT2D eigenvalue weighted by atomic mass is 10.1. The van der Waals surface area contributed by atoms with Crippen molar-refractivity contribution in [3.8, 4) is 11.4 Å². The molecule has 2 aromatic carbocycles. The van der Waals surface area contributed by atoms with Gasteiger partial charge in [-0.25, -0.2) is 0 Å². The molecule has 3 rings (SSSR count). The topological polar surface area (TPSA) is 64.9 Å². The molecular weight excluding hydrogens is 262 g/mol. The van der Waals surface area contributed by atoms with Crippen LogP contribution in [0.5, 0.6) is 0 Å². The van der Waals surface area contributed by atoms with Crippen LogP contribution in [0.4, 0.5) is 0 Å². The number of aryl methyl sites for hydroxylation is 1. The lowest BCUT2D eigenvalue weighted by Gasteiger charge is -2.05. The van der Waals surface area contributed by atoms with Crippen LogP contribution in [0.3, 0.4) is 0 Å². The summed E-state index contributed by atoms with van der Waals surface area (Å²) >= 11 is 0. The SMILES string of the molecule is Cc1ccc(-c2noc([C@H](N)Cc3ccccc3)n2)cc1. The van der Waals surface area contributed by atoms with Crippen LogP contribution >= 0.6 is 0 Å². The fraction of sp³-hybridized carbons (Fsp3) is 0.176. The van der Waals surface area contributed by atoms with Gasteiger partial charge in [0.1, 0.15) is 0 Å². The van der Waals surface area contributed by atoms with Crippen LogP contribution in [0.2, 0.25) is 0 Å². The van der Waals surface area contributed by atoms with Crippen molar-refractivity contribution in [2.24, 2.45) is 5.73 Å². The minimum atomic E-state index is -0.293. The summed E-state index contributed by atoms with van der Waals surface area (Å²) in [6.45, 7) is 2.04. The molecule has 1 atom stereocenters. The van der Waals surface area contributed by atoms with Crippen LogP contribution in [0.15, 0.2) is 59.1 Å². The van der Waals surface area contributed by atoms with Gasteiger partial charge in [0.15, 0.2) is 0 Å². The van der Waals surface area contributed by atoms with E-state index in [0.717, 1.165) is 11.1 Å². The van der Waals surface area contributed by atoms with Gasteiger partial charge in [0.25, 0.3) is 0 Å². The Morgan fingerprint density at radius 3 is 2.48 bits per heavy atom. The predicted molar refractivity (Wildman–Crippen MR) is 81.5 cm³/mol. The summed E-state index contributed by atoms with van der Waals surface area (Å²) in [5.74, 6) is 1.04. The Kier molecular flexibility index (Phi) is 3.79. The quantitative estimate of drug-likeness (QED) is 0.796. The molecule has 0 amide bonds. The first-order chi connectivity index (χ1) is 10.2. The van der Waals surface area contributed by atoms with Crippen molar-refractivity contribution in [2.45, 2.75) is 19.4 Å². The fourth-order valence-electron chi connectivity index (χ4n) is 2.16. The van der Waals surface area contributed by atoms with E-state index in [-0.39, 0.29) is 6.04 Å². The van der Waals surface area contributed by atoms with Crippen LogP contribution in [-0.2, 0) is 6.42 Å². The summed E-state index contributed by atoms with van der Waals surface area (Å²) in [6.07, 6.45) is 0.677. The summed E-state index contributed by atoms with van der Waals surface area (Å²) in [6, 6.07) is 17.8. The number of hydrogen-bond acceptors (Lipinski definition) is 4. The molecule has 0 bridgehead atoms. The number of hydrogen-bond donors (Lipinski definition) is 1. The van der Waals surface area contributed by atoms with Gasteiger partial charge in [-0.1, -0.05) is 65.3 Å². The van der Waals surface area contributed by atoms with Crippen LogP contribution in [-0.4, -0.2) is 10.1 Å². The van der Waals surface area contributed by atoms with E-state index in [4.69, 9.17) is 10.3 Å². The lowest BCUT2D eigenvalue weighted by Crippen LogP contribution is -2.13. The van der Waals surface area contributed by atoms with Crippen molar-refractivity contribution in [3.05, 3.63) is 71.6 Å². The van der Waals surface area contributed by atoms with E-state index in [1.807, 2.05) is 61.5 Å². The maximum atomic E-state index is 6.15. The molecule has 21 heavy (non-hydrogen) atoms. The van der Waals surface area contributed by atoms with Crippen LogP contribution in [0, 0.1) is 6.92 Å². The largest absolute Gasteiger partial charge is 0.337 e. The summed E-state index contributed by atoms with van der Waals surface area (Å²) in [5, 5.41) is 4.01. The second kappa shape index (κ2) is 5.89. The molecule has 1 aromatic heterocycles. The lowest BCUT2D eigenvalue weighted by molar-refractivity contribution is 0.354. The summed E-state index contributed by atoms with van der Waals surface area (Å²) in [4.78, 5) is 4.40. The third-order valence-electron chi connectivity index (χ3n) is 3.37. The molecule has 3 aromatic rings. The molecule has 0 fully saturated rings. The summed E-state index contributed by atoms with van der Waals surface area (Å²) in [7, 11) is 0. The van der Waals surface area contributed by atoms with Crippen LogP contribution < -0.4 is 5.73 Å². The first kappa shape index (κ1) is 13.5. The van der Waals surface area contributed by atoms with Crippen molar-refractivity contribution in [1.29, 1.82) is 0 Å². The minimum Gasteiger partial charge on any atom is -0.337 e. The first-order valence-electron chi connectivity index (χ1n) is 6.92. The van der Waals surface area contributed by atoms with E-state index >= 15 is 0 Å². The van der Waals surface area contributed by atoms with Gasteiger partial charge < -0.3 is 10.3 Å². The highest BCUT2D eigenvalue weighted by Gasteiger charge is 2.16. The van der Waals surface area contributed by atoms with Crippen molar-refractivity contribution >= 4 is 0 Å². The molecule has 0 saturated heterocycles. The predicted octanol–water partition coefficient (Wildman–Crippen LogP) is 3.29. The van der Waals surface area contributed by atoms with Crippen LogP contribution in [0.25, 0.3) is 11.4 Å². The number of rotatable bonds is 4. The van der Waals surface area contributed by atoms with E-state index in [0.29, 0.717) is 18.1 Å². The molecule has 4 heteroatoms. The van der Waals surface area contributed by atoms with E-state index in [1.165, 1.54) is 5.56 Å². The average molecular weight is 279 g/mol. The van der Waals surface area contributed by atoms with Gasteiger partial charge >= 0.3 is 0 Å². The Bertz CT molecular complexity index is 704. The van der Waals surface area contributed by atoms with Gasteiger partial charge in [0.05, 0.1) is 6.04 Å². The first-order valence-corrected chi connectivity index (χ1v) is 6.92. The maximum absolute atomic E-state index is 6.15. The number of benzene rings is 2. The zero-order valence-corrected chi connectivity index (χ0v) is 11.9. The molecule has 1 heterocycles. The van der Waals surface area contributed by atoms with Crippen molar-refractivity contribution in [3.63, 3.8) is 0 Å². The second-order valence-corrected chi connectivity index (χ2v) is 5.12. The normalized spacial score (nSPS) is 12.3. The third kappa shape index (κ3) is 3.17. The molecule has 0 aliphatic carbocycles. The monoisotopic (exact) mass is 279 g/mol. The molecule has 0 aliphatic rings. The van der Waals surface area contributed by atoms with Crippen molar-refractivity contribution in [2.75, 3.05) is 0 Å². The Balaban J connectivity index is 1.76. The Morgan fingerprint density at radius 2 is 1.76 bits per heavy atom. The van der Waals surface area contributed by atoms with Crippen molar-refractivity contribution < 1.29 is 4.52 Å². The van der Waals surface area contributed by atoms with E-state index in [9.17, 15) is 0 Å². The molecule has 0 saturated carbocycles. The van der Waals surface area contributed by atoms with Gasteiger partial charge in [-0.15, -0.1) is 0 Å². The van der Waals surface area contributed by atoms with Gasteiger partial charge in [0.2, 0.25) is 11.7 Å². The zero-order chi connectivity index (χ0) is 14.7. The number of nitrogens with two attached hydrogens (primary N) is 1. The Hall–Kier alpha value is -2.46. The highest BCUT2D eigenvalue weighted by atomic mass is 16.5. The molecule has 0 radical (unpaired) electrons. The van der Waals surface area contributed by atoms with Crippen LogP contribution in [0.1, 0.15) is 23.1 Å². The molecular formula is C17H17N3O. The minimum absolute atomic E-state index is 0.293. The Morgan fingerprint density at radius 1 is 1.05 bits per heavy atom. The van der Waals surface area contributed by atoms with Gasteiger partial charge in [-0.2, -0.15) is 4.98 Å². The third-order valence-corrected chi connectivity index (χ3v) is 3.37. The Labute approximate surface area is 123 Å². The second-order valence-electron chi connectivity index (χ2n) is 5.12. The van der Waals surface area contributed by atoms with Gasteiger partial charge in [0, 0.05) is 5.56 Å². The summed E-state index contributed by atoms with van der Waals surface area (Å²) in [5.41, 5.74) is 9.43. The molecule has 0 aliphatic heterocycles.